The van der Waals surface area contributed by atoms with Gasteiger partial charge in [0.1, 0.15) is 0 Å². The SMILES string of the molecule is [NH3+]C1CCC(N2C(=O)C=CC2=O)CC1. The molecule has 0 spiro atoms. The van der Waals surface area contributed by atoms with Gasteiger partial charge in [-0.05, 0) is 12.8 Å². The van der Waals surface area contributed by atoms with Crippen molar-refractivity contribution in [3.05, 3.63) is 12.2 Å². The molecule has 0 saturated heterocycles. The quantitative estimate of drug-likeness (QED) is 0.571. The van der Waals surface area contributed by atoms with Crippen LogP contribution in [0.3, 0.4) is 0 Å². The van der Waals surface area contributed by atoms with E-state index in [0.717, 1.165) is 25.7 Å². The Morgan fingerprint density at radius 1 is 1.07 bits per heavy atom. The standard InChI is InChI=1S/C10H14N2O2/c11-7-1-3-8(4-2-7)12-9(13)5-6-10(12)14/h5-8H,1-4,11H2/p+1. The molecule has 0 bridgehead atoms. The maximum absolute atomic E-state index is 11.4. The van der Waals surface area contributed by atoms with Crippen LogP contribution in [0.5, 0.6) is 0 Å². The molecule has 0 unspecified atom stereocenters. The van der Waals surface area contributed by atoms with E-state index in [0.29, 0.717) is 6.04 Å². The highest BCUT2D eigenvalue weighted by Gasteiger charge is 2.33. The Labute approximate surface area is 82.7 Å². The van der Waals surface area contributed by atoms with Crippen LogP contribution in [0.25, 0.3) is 0 Å². The molecule has 1 saturated carbocycles. The zero-order chi connectivity index (χ0) is 10.1. The molecule has 2 aliphatic rings. The van der Waals surface area contributed by atoms with Crippen molar-refractivity contribution in [2.45, 2.75) is 37.8 Å². The Kier molecular flexibility index (Phi) is 2.37. The van der Waals surface area contributed by atoms with E-state index < -0.39 is 0 Å². The third-order valence-electron chi connectivity index (χ3n) is 3.02. The fourth-order valence-corrected chi connectivity index (χ4v) is 2.17. The summed E-state index contributed by atoms with van der Waals surface area (Å²) in [5, 5.41) is 0. The van der Waals surface area contributed by atoms with Gasteiger partial charge in [0.05, 0.1) is 6.04 Å². The molecular formula is C10H15N2O2+. The molecule has 1 heterocycles. The lowest BCUT2D eigenvalue weighted by atomic mass is 9.91. The van der Waals surface area contributed by atoms with E-state index in [1.165, 1.54) is 17.1 Å². The number of imide groups is 1. The summed E-state index contributed by atoms with van der Waals surface area (Å²) in [6.07, 6.45) is 6.57. The Balaban J connectivity index is 2.02. The minimum atomic E-state index is -0.150. The van der Waals surface area contributed by atoms with Crippen molar-refractivity contribution < 1.29 is 15.3 Å². The largest absolute Gasteiger partial charge is 0.355 e. The molecule has 2 amide bonds. The third kappa shape index (κ3) is 1.57. The summed E-state index contributed by atoms with van der Waals surface area (Å²) in [6, 6.07) is 0.606. The van der Waals surface area contributed by atoms with E-state index >= 15 is 0 Å². The van der Waals surface area contributed by atoms with Crippen LogP contribution < -0.4 is 5.73 Å². The number of hydrogen-bond donors (Lipinski definition) is 1. The summed E-state index contributed by atoms with van der Waals surface area (Å²) in [5.74, 6) is -0.301. The molecular weight excluding hydrogens is 180 g/mol. The molecule has 14 heavy (non-hydrogen) atoms. The van der Waals surface area contributed by atoms with Crippen LogP contribution >= 0.6 is 0 Å². The van der Waals surface area contributed by atoms with Gasteiger partial charge in [0.2, 0.25) is 0 Å². The maximum atomic E-state index is 11.4. The van der Waals surface area contributed by atoms with Crippen molar-refractivity contribution in [1.82, 2.24) is 4.90 Å². The molecule has 1 fully saturated rings. The summed E-state index contributed by atoms with van der Waals surface area (Å²) in [4.78, 5) is 24.1. The van der Waals surface area contributed by atoms with Crippen LogP contribution in [-0.2, 0) is 9.59 Å². The highest BCUT2D eigenvalue weighted by Crippen LogP contribution is 2.23. The van der Waals surface area contributed by atoms with Crippen LogP contribution in [0.2, 0.25) is 0 Å². The fourth-order valence-electron chi connectivity index (χ4n) is 2.17. The molecule has 4 nitrogen and oxygen atoms in total. The van der Waals surface area contributed by atoms with Gasteiger partial charge < -0.3 is 5.73 Å². The van der Waals surface area contributed by atoms with Crippen molar-refractivity contribution in [3.63, 3.8) is 0 Å². The smallest absolute Gasteiger partial charge is 0.253 e. The second-order valence-electron chi connectivity index (χ2n) is 4.05. The minimum Gasteiger partial charge on any atom is -0.355 e. The van der Waals surface area contributed by atoms with Crippen LogP contribution in [0, 0.1) is 0 Å². The van der Waals surface area contributed by atoms with Crippen molar-refractivity contribution in [3.8, 4) is 0 Å². The van der Waals surface area contributed by atoms with E-state index in [1.54, 1.807) is 0 Å². The van der Waals surface area contributed by atoms with Crippen molar-refractivity contribution in [1.29, 1.82) is 0 Å². The summed E-state index contributed by atoms with van der Waals surface area (Å²) in [6.45, 7) is 0. The highest BCUT2D eigenvalue weighted by molar-refractivity contribution is 6.13. The predicted molar refractivity (Wildman–Crippen MR) is 49.9 cm³/mol. The van der Waals surface area contributed by atoms with Gasteiger partial charge in [-0.2, -0.15) is 0 Å². The molecule has 3 N–H and O–H groups in total. The van der Waals surface area contributed by atoms with Crippen LogP contribution in [0.15, 0.2) is 12.2 Å². The molecule has 4 heteroatoms. The topological polar surface area (TPSA) is 65.0 Å². The summed E-state index contributed by atoms with van der Waals surface area (Å²) in [7, 11) is 0. The molecule has 76 valence electrons. The number of rotatable bonds is 1. The molecule has 0 radical (unpaired) electrons. The lowest BCUT2D eigenvalue weighted by Crippen LogP contribution is -2.63. The Morgan fingerprint density at radius 3 is 2.07 bits per heavy atom. The molecule has 0 aromatic rings. The molecule has 2 rings (SSSR count). The normalized spacial score (nSPS) is 32.8. The van der Waals surface area contributed by atoms with Crippen molar-refractivity contribution in [2.24, 2.45) is 0 Å². The first-order chi connectivity index (χ1) is 6.68. The van der Waals surface area contributed by atoms with Gasteiger partial charge in [0.25, 0.3) is 11.8 Å². The molecule has 0 aromatic carbocycles. The fraction of sp³-hybridized carbons (Fsp3) is 0.600. The number of carbonyl (C=O) groups is 2. The van der Waals surface area contributed by atoms with Crippen LogP contribution in [0.1, 0.15) is 25.7 Å². The van der Waals surface area contributed by atoms with Gasteiger partial charge in [-0.3, -0.25) is 14.5 Å². The number of quaternary nitrogens is 1. The minimum absolute atomic E-state index is 0.114. The zero-order valence-electron chi connectivity index (χ0n) is 8.11. The van der Waals surface area contributed by atoms with Gasteiger partial charge in [0.15, 0.2) is 0 Å². The maximum Gasteiger partial charge on any atom is 0.253 e. The van der Waals surface area contributed by atoms with E-state index in [1.807, 2.05) is 0 Å². The summed E-state index contributed by atoms with van der Waals surface area (Å²) in [5.41, 5.74) is 3.99. The Hall–Kier alpha value is -1.16. The van der Waals surface area contributed by atoms with E-state index in [2.05, 4.69) is 5.73 Å². The van der Waals surface area contributed by atoms with Crippen molar-refractivity contribution in [2.75, 3.05) is 0 Å². The lowest BCUT2D eigenvalue weighted by Gasteiger charge is -2.30. The average Bonchev–Trinajstić information content (AvgIpc) is 2.49. The highest BCUT2D eigenvalue weighted by atomic mass is 16.2. The van der Waals surface area contributed by atoms with Crippen LogP contribution in [0.4, 0.5) is 0 Å². The zero-order valence-corrected chi connectivity index (χ0v) is 8.11. The van der Waals surface area contributed by atoms with E-state index in [4.69, 9.17) is 0 Å². The molecule has 0 atom stereocenters. The molecule has 1 aliphatic carbocycles. The molecule has 1 aliphatic heterocycles. The van der Waals surface area contributed by atoms with E-state index in [9.17, 15) is 9.59 Å². The average molecular weight is 195 g/mol. The summed E-state index contributed by atoms with van der Waals surface area (Å²) < 4.78 is 0. The van der Waals surface area contributed by atoms with Gasteiger partial charge >= 0.3 is 0 Å². The summed E-state index contributed by atoms with van der Waals surface area (Å²) >= 11 is 0. The molecule has 0 aromatic heterocycles. The first-order valence-electron chi connectivity index (χ1n) is 5.07. The van der Waals surface area contributed by atoms with Crippen molar-refractivity contribution >= 4 is 11.8 Å². The Bertz CT molecular complexity index is 272. The number of carbonyl (C=O) groups excluding carboxylic acids is 2. The van der Waals surface area contributed by atoms with Gasteiger partial charge in [-0.25, -0.2) is 0 Å². The van der Waals surface area contributed by atoms with Crippen LogP contribution in [-0.4, -0.2) is 28.8 Å². The first kappa shape index (κ1) is 9.40. The predicted octanol–water partition coefficient (Wildman–Crippen LogP) is -0.536. The first-order valence-corrected chi connectivity index (χ1v) is 5.07. The number of amides is 2. The van der Waals surface area contributed by atoms with Gasteiger partial charge in [0, 0.05) is 31.0 Å². The van der Waals surface area contributed by atoms with Gasteiger partial charge in [-0.15, -0.1) is 0 Å². The number of hydrogen-bond acceptors (Lipinski definition) is 2. The van der Waals surface area contributed by atoms with Gasteiger partial charge in [-0.1, -0.05) is 0 Å². The second kappa shape index (κ2) is 3.53. The van der Waals surface area contributed by atoms with E-state index in [-0.39, 0.29) is 17.9 Å². The second-order valence-corrected chi connectivity index (χ2v) is 4.05. The number of nitrogens with zero attached hydrogens (tertiary/aromatic N) is 1. The monoisotopic (exact) mass is 195 g/mol. The lowest BCUT2D eigenvalue weighted by molar-refractivity contribution is -0.426. The Morgan fingerprint density at radius 2 is 1.57 bits per heavy atom. The third-order valence-corrected chi connectivity index (χ3v) is 3.02.